The summed E-state index contributed by atoms with van der Waals surface area (Å²) < 4.78 is 11.2. The second kappa shape index (κ2) is 10.3. The minimum atomic E-state index is -0.280. The zero-order valence-electron chi connectivity index (χ0n) is 19.7. The molecule has 1 aliphatic heterocycles. The molecule has 0 bridgehead atoms. The number of nitrogens with zero attached hydrogens (tertiary/aromatic N) is 1. The highest BCUT2D eigenvalue weighted by Gasteiger charge is 2.27. The van der Waals surface area contributed by atoms with Crippen LogP contribution in [0.5, 0.6) is 11.5 Å². The Morgan fingerprint density at radius 3 is 2.77 bits per heavy atom. The number of aromatic nitrogens is 2. The number of benzene rings is 3. The molecule has 0 fully saturated rings. The number of fused-ring (bicyclic) bond motifs is 1. The molecule has 7 heteroatoms. The fourth-order valence-corrected chi connectivity index (χ4v) is 5.08. The van der Waals surface area contributed by atoms with Gasteiger partial charge in [-0.25, -0.2) is 0 Å². The maximum Gasteiger partial charge on any atom is 0.231 e. The summed E-state index contributed by atoms with van der Waals surface area (Å²) in [5, 5.41) is 10.1. The second-order valence-electron chi connectivity index (χ2n) is 8.65. The molecule has 0 radical (unpaired) electrons. The van der Waals surface area contributed by atoms with E-state index < -0.39 is 0 Å². The molecule has 1 unspecified atom stereocenters. The van der Waals surface area contributed by atoms with E-state index in [2.05, 4.69) is 52.8 Å². The molecule has 5 rings (SSSR count). The van der Waals surface area contributed by atoms with Gasteiger partial charge in [-0.15, -0.1) is 11.8 Å². The van der Waals surface area contributed by atoms with Crippen LogP contribution in [0.1, 0.15) is 16.7 Å². The molecule has 6 nitrogen and oxygen atoms in total. The summed E-state index contributed by atoms with van der Waals surface area (Å²) in [6.45, 7) is 2.44. The van der Waals surface area contributed by atoms with E-state index in [4.69, 9.17) is 9.47 Å². The fourth-order valence-electron chi connectivity index (χ4n) is 4.08. The van der Waals surface area contributed by atoms with Crippen molar-refractivity contribution in [1.29, 1.82) is 0 Å². The lowest BCUT2D eigenvalue weighted by Gasteiger charge is -2.25. The van der Waals surface area contributed by atoms with E-state index in [0.717, 1.165) is 44.5 Å². The van der Waals surface area contributed by atoms with Crippen molar-refractivity contribution in [2.45, 2.75) is 24.0 Å². The van der Waals surface area contributed by atoms with Crippen molar-refractivity contribution >= 4 is 23.4 Å². The lowest BCUT2D eigenvalue weighted by Crippen LogP contribution is -2.32. The molecule has 178 valence electrons. The number of amides is 1. The lowest BCUT2D eigenvalue weighted by molar-refractivity contribution is -0.121. The number of H-pyrrole nitrogens is 1. The Morgan fingerprint density at radius 1 is 1.14 bits per heavy atom. The number of carbonyl (C=O) groups is 1. The molecular formula is C28H27N3O3S. The number of methoxy groups -OCH3 is 1. The van der Waals surface area contributed by atoms with Gasteiger partial charge in [0.1, 0.15) is 18.1 Å². The van der Waals surface area contributed by atoms with Gasteiger partial charge in [0.2, 0.25) is 5.91 Å². The van der Waals surface area contributed by atoms with Crippen molar-refractivity contribution < 1.29 is 14.3 Å². The van der Waals surface area contributed by atoms with Crippen LogP contribution in [-0.4, -0.2) is 29.8 Å². The number of aromatic amines is 1. The predicted octanol–water partition coefficient (Wildman–Crippen LogP) is 5.88. The number of aryl methyl sites for hydroxylation is 1. The maximum atomic E-state index is 13.3. The minimum absolute atomic E-state index is 0.0493. The number of thioether (sulfide) groups is 1. The summed E-state index contributed by atoms with van der Waals surface area (Å²) in [7, 11) is 1.64. The third-order valence-corrected chi connectivity index (χ3v) is 7.26. The molecule has 0 spiro atoms. The summed E-state index contributed by atoms with van der Waals surface area (Å²) in [5.74, 6) is 2.05. The smallest absolute Gasteiger partial charge is 0.231 e. The fraction of sp³-hybridized carbons (Fsp3) is 0.214. The van der Waals surface area contributed by atoms with E-state index in [1.165, 1.54) is 11.1 Å². The zero-order chi connectivity index (χ0) is 24.2. The molecule has 3 aromatic carbocycles. The quantitative estimate of drug-likeness (QED) is 0.320. The van der Waals surface area contributed by atoms with Crippen LogP contribution in [0, 0.1) is 12.8 Å². The van der Waals surface area contributed by atoms with Gasteiger partial charge in [0.15, 0.2) is 0 Å². The first kappa shape index (κ1) is 23.1. The third-order valence-electron chi connectivity index (χ3n) is 6.13. The second-order valence-corrected chi connectivity index (χ2v) is 9.66. The van der Waals surface area contributed by atoms with E-state index >= 15 is 0 Å². The normalized spacial score (nSPS) is 14.6. The molecule has 1 amide bonds. The third kappa shape index (κ3) is 5.35. The molecule has 0 aliphatic carbocycles. The summed E-state index contributed by atoms with van der Waals surface area (Å²) in [6.07, 6.45) is 4.28. The van der Waals surface area contributed by atoms with Crippen molar-refractivity contribution in [3.05, 3.63) is 89.7 Å². The van der Waals surface area contributed by atoms with Crippen molar-refractivity contribution in [2.24, 2.45) is 5.92 Å². The van der Waals surface area contributed by atoms with Crippen molar-refractivity contribution in [1.82, 2.24) is 10.2 Å². The highest BCUT2D eigenvalue weighted by Crippen LogP contribution is 2.35. The first-order valence-electron chi connectivity index (χ1n) is 11.5. The van der Waals surface area contributed by atoms with E-state index in [9.17, 15) is 4.79 Å². The largest absolute Gasteiger partial charge is 0.497 e. The first-order chi connectivity index (χ1) is 17.1. The number of hydrogen-bond acceptors (Lipinski definition) is 5. The number of carbonyl (C=O) groups excluding carboxylic acids is 1. The van der Waals surface area contributed by atoms with Crippen molar-refractivity contribution in [3.8, 4) is 22.6 Å². The van der Waals surface area contributed by atoms with Gasteiger partial charge in [-0.3, -0.25) is 9.89 Å². The predicted molar refractivity (Wildman–Crippen MR) is 139 cm³/mol. The minimum Gasteiger partial charge on any atom is -0.497 e. The molecule has 2 N–H and O–H groups in total. The van der Waals surface area contributed by atoms with Gasteiger partial charge in [-0.2, -0.15) is 5.10 Å². The standard InChI is InChI=1S/C28H27N3O3S/c1-18-3-5-19(6-4-18)17-35-27-13-20(23-14-29-30-15-23)7-9-25(27)31-28(32)22-11-21-12-24(33-2)8-10-26(21)34-16-22/h3-10,12-15,22H,11,16-17H2,1-2H3,(H,29,30)(H,31,32). The van der Waals surface area contributed by atoms with Crippen LogP contribution in [-0.2, 0) is 17.0 Å². The van der Waals surface area contributed by atoms with Gasteiger partial charge < -0.3 is 14.8 Å². The Balaban J connectivity index is 1.35. The molecule has 4 aromatic rings. The van der Waals surface area contributed by atoms with E-state index in [1.54, 1.807) is 25.1 Å². The van der Waals surface area contributed by atoms with Gasteiger partial charge in [-0.05, 0) is 60.4 Å². The van der Waals surface area contributed by atoms with Gasteiger partial charge in [0.25, 0.3) is 0 Å². The number of ether oxygens (including phenoxy) is 2. The van der Waals surface area contributed by atoms with Gasteiger partial charge >= 0.3 is 0 Å². The van der Waals surface area contributed by atoms with Crippen LogP contribution < -0.4 is 14.8 Å². The summed E-state index contributed by atoms with van der Waals surface area (Å²) in [4.78, 5) is 14.3. The van der Waals surface area contributed by atoms with Gasteiger partial charge in [0.05, 0.1) is 24.9 Å². The van der Waals surface area contributed by atoms with Crippen LogP contribution in [0.3, 0.4) is 0 Å². The van der Waals surface area contributed by atoms with Crippen molar-refractivity contribution in [3.63, 3.8) is 0 Å². The number of rotatable bonds is 7. The SMILES string of the molecule is COc1ccc2c(c1)CC(C(=O)Nc1ccc(-c3cn[nH]c3)cc1SCc1ccc(C)cc1)CO2. The number of anilines is 1. The average Bonchev–Trinajstić information content (AvgIpc) is 3.43. The highest BCUT2D eigenvalue weighted by atomic mass is 32.2. The van der Waals surface area contributed by atoms with Crippen LogP contribution in [0.4, 0.5) is 5.69 Å². The van der Waals surface area contributed by atoms with E-state index in [1.807, 2.05) is 36.5 Å². The molecular weight excluding hydrogens is 458 g/mol. The van der Waals surface area contributed by atoms with E-state index in [0.29, 0.717) is 13.0 Å². The Hall–Kier alpha value is -3.71. The van der Waals surface area contributed by atoms with Crippen molar-refractivity contribution in [2.75, 3.05) is 19.0 Å². The Bertz CT molecular complexity index is 1320. The first-order valence-corrected chi connectivity index (χ1v) is 12.5. The maximum absolute atomic E-state index is 13.3. The molecule has 0 saturated carbocycles. The number of hydrogen-bond donors (Lipinski definition) is 2. The average molecular weight is 486 g/mol. The Labute approximate surface area is 209 Å². The Morgan fingerprint density at radius 2 is 2.00 bits per heavy atom. The Kier molecular flexibility index (Phi) is 6.77. The van der Waals surface area contributed by atoms with Crippen LogP contribution in [0.25, 0.3) is 11.1 Å². The molecule has 1 atom stereocenters. The molecule has 35 heavy (non-hydrogen) atoms. The summed E-state index contributed by atoms with van der Waals surface area (Å²) in [5.41, 5.74) is 6.31. The number of nitrogens with one attached hydrogen (secondary N) is 2. The molecule has 0 saturated heterocycles. The van der Waals surface area contributed by atoms with Crippen LogP contribution >= 0.6 is 11.8 Å². The van der Waals surface area contributed by atoms with Crippen LogP contribution in [0.2, 0.25) is 0 Å². The highest BCUT2D eigenvalue weighted by molar-refractivity contribution is 7.98. The van der Waals surface area contributed by atoms with Gasteiger partial charge in [0, 0.05) is 22.4 Å². The topological polar surface area (TPSA) is 76.2 Å². The summed E-state index contributed by atoms with van der Waals surface area (Å²) >= 11 is 1.71. The molecule has 1 aliphatic rings. The monoisotopic (exact) mass is 485 g/mol. The van der Waals surface area contributed by atoms with Crippen LogP contribution in [0.15, 0.2) is 78.0 Å². The molecule has 2 heterocycles. The summed E-state index contributed by atoms with van der Waals surface area (Å²) in [6, 6.07) is 20.3. The zero-order valence-corrected chi connectivity index (χ0v) is 20.5. The lowest BCUT2D eigenvalue weighted by atomic mass is 9.95. The van der Waals surface area contributed by atoms with Gasteiger partial charge in [-0.1, -0.05) is 35.9 Å². The molecule has 1 aromatic heterocycles. The van der Waals surface area contributed by atoms with E-state index in [-0.39, 0.29) is 11.8 Å².